The second-order valence-corrected chi connectivity index (χ2v) is 4.23. The predicted octanol–water partition coefficient (Wildman–Crippen LogP) is 3.27. The Balaban J connectivity index is 2.47. The van der Waals surface area contributed by atoms with E-state index >= 15 is 0 Å². The lowest BCUT2D eigenvalue weighted by molar-refractivity contribution is -0.148. The van der Waals surface area contributed by atoms with E-state index in [2.05, 4.69) is 15.9 Å². The standard InChI is InChI=1S/C10H11BrF3N/c11-8-4-1-7(2-5-8)3-6-9(15)10(12,13)14/h1-2,4-5,9H,3,6,15H2. The largest absolute Gasteiger partial charge is 0.403 e. The highest BCUT2D eigenvalue weighted by Gasteiger charge is 2.35. The summed E-state index contributed by atoms with van der Waals surface area (Å²) in [6.45, 7) is 0. The third-order valence-corrected chi connectivity index (χ3v) is 2.61. The smallest absolute Gasteiger partial charge is 0.320 e. The lowest BCUT2D eigenvalue weighted by atomic mass is 10.1. The molecule has 0 aliphatic carbocycles. The maximum Gasteiger partial charge on any atom is 0.403 e. The molecule has 15 heavy (non-hydrogen) atoms. The van der Waals surface area contributed by atoms with Gasteiger partial charge in [-0.05, 0) is 30.5 Å². The van der Waals surface area contributed by atoms with Crippen molar-refractivity contribution in [2.75, 3.05) is 0 Å². The van der Waals surface area contributed by atoms with Crippen molar-refractivity contribution >= 4 is 15.9 Å². The number of halogens is 4. The Labute approximate surface area is 94.6 Å². The van der Waals surface area contributed by atoms with Gasteiger partial charge in [0.1, 0.15) is 6.04 Å². The molecule has 84 valence electrons. The molecule has 0 amide bonds. The van der Waals surface area contributed by atoms with Crippen molar-refractivity contribution < 1.29 is 13.2 Å². The number of benzene rings is 1. The minimum absolute atomic E-state index is 0.0782. The van der Waals surface area contributed by atoms with Crippen LogP contribution in [0, 0.1) is 0 Å². The van der Waals surface area contributed by atoms with Gasteiger partial charge in [0.25, 0.3) is 0 Å². The highest BCUT2D eigenvalue weighted by atomic mass is 79.9. The Morgan fingerprint density at radius 3 is 2.20 bits per heavy atom. The second kappa shape index (κ2) is 4.99. The van der Waals surface area contributed by atoms with E-state index in [1.807, 2.05) is 0 Å². The Morgan fingerprint density at radius 1 is 1.20 bits per heavy atom. The normalized spacial score (nSPS) is 13.9. The van der Waals surface area contributed by atoms with E-state index < -0.39 is 12.2 Å². The SMILES string of the molecule is NC(CCc1ccc(Br)cc1)C(F)(F)F. The van der Waals surface area contributed by atoms with Crippen LogP contribution in [0.2, 0.25) is 0 Å². The third-order valence-electron chi connectivity index (χ3n) is 2.08. The lowest BCUT2D eigenvalue weighted by Gasteiger charge is -2.15. The molecule has 1 nitrogen and oxygen atoms in total. The van der Waals surface area contributed by atoms with Gasteiger partial charge in [-0.15, -0.1) is 0 Å². The van der Waals surface area contributed by atoms with E-state index in [9.17, 15) is 13.2 Å². The van der Waals surface area contributed by atoms with Gasteiger partial charge in [-0.1, -0.05) is 28.1 Å². The number of hydrogen-bond acceptors (Lipinski definition) is 1. The van der Waals surface area contributed by atoms with Crippen molar-refractivity contribution in [3.05, 3.63) is 34.3 Å². The number of aryl methyl sites for hydroxylation is 1. The molecular formula is C10H11BrF3N. The van der Waals surface area contributed by atoms with Gasteiger partial charge in [-0.3, -0.25) is 0 Å². The molecule has 0 aromatic heterocycles. The molecule has 0 aliphatic heterocycles. The molecule has 0 radical (unpaired) electrons. The summed E-state index contributed by atoms with van der Waals surface area (Å²) < 4.78 is 37.2. The van der Waals surface area contributed by atoms with Crippen molar-refractivity contribution in [2.24, 2.45) is 5.73 Å². The summed E-state index contributed by atoms with van der Waals surface area (Å²) in [7, 11) is 0. The van der Waals surface area contributed by atoms with E-state index in [0.717, 1.165) is 10.0 Å². The molecule has 1 aromatic carbocycles. The van der Waals surface area contributed by atoms with E-state index in [0.29, 0.717) is 6.42 Å². The summed E-state index contributed by atoms with van der Waals surface area (Å²) in [6.07, 6.45) is -4.03. The van der Waals surface area contributed by atoms with Crippen LogP contribution in [0.25, 0.3) is 0 Å². The van der Waals surface area contributed by atoms with Gasteiger partial charge in [0.05, 0.1) is 0 Å². The Bertz CT molecular complexity index is 307. The summed E-state index contributed by atoms with van der Waals surface area (Å²) in [5.74, 6) is 0. The average molecular weight is 282 g/mol. The molecule has 1 unspecified atom stereocenters. The van der Waals surface area contributed by atoms with Crippen molar-refractivity contribution in [3.63, 3.8) is 0 Å². The third kappa shape index (κ3) is 4.22. The maximum absolute atomic E-state index is 12.1. The van der Waals surface area contributed by atoms with Gasteiger partial charge in [0.15, 0.2) is 0 Å². The molecule has 2 N–H and O–H groups in total. The molecule has 0 spiro atoms. The maximum atomic E-state index is 12.1. The topological polar surface area (TPSA) is 26.0 Å². The summed E-state index contributed by atoms with van der Waals surface area (Å²) in [6, 6.07) is 5.43. The second-order valence-electron chi connectivity index (χ2n) is 3.31. The van der Waals surface area contributed by atoms with Crippen LogP contribution in [0.15, 0.2) is 28.7 Å². The number of nitrogens with two attached hydrogens (primary N) is 1. The van der Waals surface area contributed by atoms with Gasteiger partial charge in [0.2, 0.25) is 0 Å². The number of rotatable bonds is 3. The van der Waals surface area contributed by atoms with Crippen LogP contribution in [0.3, 0.4) is 0 Å². The Kier molecular flexibility index (Phi) is 4.16. The van der Waals surface area contributed by atoms with E-state index in [4.69, 9.17) is 5.73 Å². The predicted molar refractivity (Wildman–Crippen MR) is 56.5 cm³/mol. The fraction of sp³-hybridized carbons (Fsp3) is 0.400. The van der Waals surface area contributed by atoms with Crippen molar-refractivity contribution in [1.82, 2.24) is 0 Å². The van der Waals surface area contributed by atoms with Gasteiger partial charge in [-0.25, -0.2) is 0 Å². The first-order chi connectivity index (χ1) is 6.89. The van der Waals surface area contributed by atoms with Crippen LogP contribution in [-0.4, -0.2) is 12.2 Å². The van der Waals surface area contributed by atoms with Gasteiger partial charge < -0.3 is 5.73 Å². The summed E-state index contributed by atoms with van der Waals surface area (Å²) in [4.78, 5) is 0. The van der Waals surface area contributed by atoms with Gasteiger partial charge in [0, 0.05) is 4.47 Å². The van der Waals surface area contributed by atoms with Crippen LogP contribution in [0.4, 0.5) is 13.2 Å². The average Bonchev–Trinajstić information content (AvgIpc) is 2.15. The van der Waals surface area contributed by atoms with Gasteiger partial charge >= 0.3 is 6.18 Å². The zero-order chi connectivity index (χ0) is 11.5. The van der Waals surface area contributed by atoms with Crippen LogP contribution in [-0.2, 0) is 6.42 Å². The number of alkyl halides is 3. The summed E-state index contributed by atoms with van der Waals surface area (Å²) in [5, 5.41) is 0. The first-order valence-corrected chi connectivity index (χ1v) is 5.25. The number of hydrogen-bond donors (Lipinski definition) is 1. The molecule has 0 saturated heterocycles. The monoisotopic (exact) mass is 281 g/mol. The molecule has 1 rings (SSSR count). The summed E-state index contributed by atoms with van der Waals surface area (Å²) in [5.41, 5.74) is 5.85. The molecule has 0 bridgehead atoms. The fourth-order valence-electron chi connectivity index (χ4n) is 1.14. The lowest BCUT2D eigenvalue weighted by Crippen LogP contribution is -2.37. The van der Waals surface area contributed by atoms with Crippen molar-refractivity contribution in [2.45, 2.75) is 25.1 Å². The highest BCUT2D eigenvalue weighted by molar-refractivity contribution is 9.10. The quantitative estimate of drug-likeness (QED) is 0.904. The fourth-order valence-corrected chi connectivity index (χ4v) is 1.40. The minimum atomic E-state index is -4.30. The van der Waals surface area contributed by atoms with E-state index in [1.54, 1.807) is 24.3 Å². The molecule has 0 heterocycles. The Hall–Kier alpha value is -0.550. The molecule has 1 atom stereocenters. The van der Waals surface area contributed by atoms with Gasteiger partial charge in [-0.2, -0.15) is 13.2 Å². The zero-order valence-electron chi connectivity index (χ0n) is 7.89. The van der Waals surface area contributed by atoms with E-state index in [1.165, 1.54) is 0 Å². The molecule has 5 heteroatoms. The highest BCUT2D eigenvalue weighted by Crippen LogP contribution is 2.22. The summed E-state index contributed by atoms with van der Waals surface area (Å²) >= 11 is 3.25. The van der Waals surface area contributed by atoms with Crippen LogP contribution < -0.4 is 5.73 Å². The first-order valence-electron chi connectivity index (χ1n) is 4.46. The van der Waals surface area contributed by atoms with Crippen LogP contribution >= 0.6 is 15.9 Å². The molecule has 0 saturated carbocycles. The first kappa shape index (κ1) is 12.5. The Morgan fingerprint density at radius 2 is 1.73 bits per heavy atom. The van der Waals surface area contributed by atoms with Crippen LogP contribution in [0.1, 0.15) is 12.0 Å². The zero-order valence-corrected chi connectivity index (χ0v) is 9.48. The van der Waals surface area contributed by atoms with Crippen molar-refractivity contribution in [1.29, 1.82) is 0 Å². The molecular weight excluding hydrogens is 271 g/mol. The molecule has 1 aromatic rings. The molecule has 0 aliphatic rings. The minimum Gasteiger partial charge on any atom is -0.320 e. The van der Waals surface area contributed by atoms with Crippen LogP contribution in [0.5, 0.6) is 0 Å². The van der Waals surface area contributed by atoms with E-state index in [-0.39, 0.29) is 6.42 Å². The van der Waals surface area contributed by atoms with Crippen molar-refractivity contribution in [3.8, 4) is 0 Å². The molecule has 0 fully saturated rings.